The summed E-state index contributed by atoms with van der Waals surface area (Å²) in [4.78, 5) is 28.7. The van der Waals surface area contributed by atoms with Gasteiger partial charge in [-0.15, -0.1) is 0 Å². The van der Waals surface area contributed by atoms with E-state index in [0.717, 1.165) is 23.2 Å². The molecule has 2 aliphatic rings. The Hall–Kier alpha value is -2.57. The number of amides is 1. The number of Topliss-reactive ketones (excluding diaryl/α,β-unsaturated/α-hetero) is 1. The van der Waals surface area contributed by atoms with Crippen LogP contribution in [0, 0.1) is 5.82 Å². The molecule has 1 amide bonds. The van der Waals surface area contributed by atoms with Crippen LogP contribution in [0.15, 0.2) is 42.5 Å². The van der Waals surface area contributed by atoms with E-state index in [-0.39, 0.29) is 17.5 Å². The Labute approximate surface area is 176 Å². The predicted molar refractivity (Wildman–Crippen MR) is 113 cm³/mol. The van der Waals surface area contributed by atoms with Gasteiger partial charge in [-0.3, -0.25) is 14.5 Å². The van der Waals surface area contributed by atoms with Crippen LogP contribution in [0.25, 0.3) is 0 Å². The third-order valence-corrected chi connectivity index (χ3v) is 6.33. The van der Waals surface area contributed by atoms with E-state index < -0.39 is 5.60 Å². The molecule has 0 aromatic heterocycles. The van der Waals surface area contributed by atoms with E-state index in [4.69, 9.17) is 0 Å². The minimum absolute atomic E-state index is 0.0466. The first-order chi connectivity index (χ1) is 14.4. The monoisotopic (exact) mass is 410 g/mol. The number of piperidine rings is 1. The first kappa shape index (κ1) is 20.7. The Bertz CT molecular complexity index is 949. The van der Waals surface area contributed by atoms with Crippen molar-refractivity contribution < 1.29 is 19.1 Å². The van der Waals surface area contributed by atoms with E-state index in [1.165, 1.54) is 12.1 Å². The Morgan fingerprint density at radius 1 is 1.07 bits per heavy atom. The average Bonchev–Trinajstić information content (AvgIpc) is 3.18. The second kappa shape index (κ2) is 8.28. The molecular weight excluding hydrogens is 383 g/mol. The number of carbonyl (C=O) groups is 2. The fourth-order valence-corrected chi connectivity index (χ4v) is 4.45. The lowest BCUT2D eigenvalue weighted by Crippen LogP contribution is -2.44. The molecule has 1 fully saturated rings. The van der Waals surface area contributed by atoms with Crippen molar-refractivity contribution in [3.8, 4) is 0 Å². The number of fused-ring (bicyclic) bond motifs is 1. The highest BCUT2D eigenvalue weighted by atomic mass is 19.1. The fraction of sp³-hybridized carbons (Fsp3) is 0.417. The zero-order chi connectivity index (χ0) is 21.3. The molecule has 0 bridgehead atoms. The van der Waals surface area contributed by atoms with Gasteiger partial charge < -0.3 is 10.0 Å². The van der Waals surface area contributed by atoms with Crippen molar-refractivity contribution in [3.63, 3.8) is 0 Å². The minimum atomic E-state index is -0.976. The molecule has 0 spiro atoms. The highest BCUT2D eigenvalue weighted by Crippen LogP contribution is 2.33. The van der Waals surface area contributed by atoms with Crippen molar-refractivity contribution in [2.75, 3.05) is 31.1 Å². The lowest BCUT2D eigenvalue weighted by molar-refractivity contribution is -0.118. The summed E-state index contributed by atoms with van der Waals surface area (Å²) in [5.74, 6) is -0.165. The third-order valence-electron chi connectivity index (χ3n) is 6.33. The number of hydrogen-bond donors (Lipinski definition) is 1. The molecule has 0 unspecified atom stereocenters. The predicted octanol–water partition coefficient (Wildman–Crippen LogP) is 3.29. The van der Waals surface area contributed by atoms with Crippen molar-refractivity contribution in [2.45, 2.75) is 38.2 Å². The summed E-state index contributed by atoms with van der Waals surface area (Å²) in [5.41, 5.74) is 2.38. The lowest BCUT2D eigenvalue weighted by Gasteiger charge is -2.38. The van der Waals surface area contributed by atoms with Gasteiger partial charge in [0, 0.05) is 37.3 Å². The van der Waals surface area contributed by atoms with Gasteiger partial charge in [0.05, 0.1) is 12.1 Å². The molecule has 30 heavy (non-hydrogen) atoms. The molecule has 0 aliphatic carbocycles. The van der Waals surface area contributed by atoms with Crippen molar-refractivity contribution in [1.82, 2.24) is 4.90 Å². The first-order valence-corrected chi connectivity index (χ1v) is 10.6. The van der Waals surface area contributed by atoms with Gasteiger partial charge in [-0.25, -0.2) is 4.39 Å². The van der Waals surface area contributed by atoms with Crippen molar-refractivity contribution in [3.05, 3.63) is 65.0 Å². The van der Waals surface area contributed by atoms with Crippen molar-refractivity contribution in [1.29, 1.82) is 0 Å². The summed E-state index contributed by atoms with van der Waals surface area (Å²) in [6, 6.07) is 11.6. The molecule has 158 valence electrons. The number of ketones is 1. The van der Waals surface area contributed by atoms with Crippen LogP contribution in [-0.4, -0.2) is 47.9 Å². The summed E-state index contributed by atoms with van der Waals surface area (Å²) in [7, 11) is 0. The standard InChI is InChI=1S/C24H27FN2O3/c1-2-23(29)27-12-9-17-15-18(3-8-21(17)27)22(28)16-26-13-10-24(30,11-14-26)19-4-6-20(25)7-5-19/h3-8,15,30H,2,9-14,16H2,1H3. The molecule has 0 saturated carbocycles. The van der Waals surface area contributed by atoms with E-state index >= 15 is 0 Å². The highest BCUT2D eigenvalue weighted by molar-refractivity contribution is 6.00. The summed E-state index contributed by atoms with van der Waals surface area (Å²) < 4.78 is 13.2. The van der Waals surface area contributed by atoms with Gasteiger partial charge in [-0.2, -0.15) is 0 Å². The van der Waals surface area contributed by atoms with E-state index in [0.29, 0.717) is 51.0 Å². The Kier molecular flexibility index (Phi) is 5.71. The second-order valence-corrected chi connectivity index (χ2v) is 8.23. The molecule has 6 heteroatoms. The van der Waals surface area contributed by atoms with Crippen LogP contribution in [-0.2, 0) is 16.8 Å². The van der Waals surface area contributed by atoms with Crippen molar-refractivity contribution in [2.24, 2.45) is 0 Å². The van der Waals surface area contributed by atoms with E-state index in [1.807, 2.05) is 19.1 Å². The number of anilines is 1. The molecule has 2 aromatic rings. The maximum absolute atomic E-state index is 13.2. The normalized spacial score (nSPS) is 18.3. The zero-order valence-corrected chi connectivity index (χ0v) is 17.2. The molecule has 2 aromatic carbocycles. The average molecular weight is 410 g/mol. The second-order valence-electron chi connectivity index (χ2n) is 8.23. The number of hydrogen-bond acceptors (Lipinski definition) is 4. The minimum Gasteiger partial charge on any atom is -0.385 e. The van der Waals surface area contributed by atoms with Gasteiger partial charge in [0.15, 0.2) is 5.78 Å². The van der Waals surface area contributed by atoms with Gasteiger partial charge in [-0.05, 0) is 60.7 Å². The number of likely N-dealkylation sites (tertiary alicyclic amines) is 1. The van der Waals surface area contributed by atoms with Crippen LogP contribution < -0.4 is 4.90 Å². The van der Waals surface area contributed by atoms with E-state index in [2.05, 4.69) is 4.90 Å². The lowest BCUT2D eigenvalue weighted by atomic mass is 9.84. The van der Waals surface area contributed by atoms with Crippen LogP contribution in [0.5, 0.6) is 0 Å². The quantitative estimate of drug-likeness (QED) is 0.769. The van der Waals surface area contributed by atoms with Crippen LogP contribution in [0.2, 0.25) is 0 Å². The molecule has 0 atom stereocenters. The molecule has 4 rings (SSSR count). The third kappa shape index (κ3) is 4.02. The number of rotatable bonds is 5. The molecular formula is C24H27FN2O3. The van der Waals surface area contributed by atoms with E-state index in [1.54, 1.807) is 23.1 Å². The van der Waals surface area contributed by atoms with Gasteiger partial charge in [0.2, 0.25) is 5.91 Å². The Balaban J connectivity index is 1.37. The first-order valence-electron chi connectivity index (χ1n) is 10.6. The molecule has 1 N–H and O–H groups in total. The SMILES string of the molecule is CCC(=O)N1CCc2cc(C(=O)CN3CCC(O)(c4ccc(F)cc4)CC3)ccc21. The highest BCUT2D eigenvalue weighted by Gasteiger charge is 2.34. The maximum atomic E-state index is 13.2. The van der Waals surface area contributed by atoms with Gasteiger partial charge >= 0.3 is 0 Å². The van der Waals surface area contributed by atoms with Crippen LogP contribution >= 0.6 is 0 Å². The number of aliphatic hydroxyl groups is 1. The largest absolute Gasteiger partial charge is 0.385 e. The summed E-state index contributed by atoms with van der Waals surface area (Å²) >= 11 is 0. The zero-order valence-electron chi connectivity index (χ0n) is 17.2. The summed E-state index contributed by atoms with van der Waals surface area (Å²) in [6.07, 6.45) is 2.25. The van der Waals surface area contributed by atoms with Gasteiger partial charge in [-0.1, -0.05) is 19.1 Å². The van der Waals surface area contributed by atoms with E-state index in [9.17, 15) is 19.1 Å². The van der Waals surface area contributed by atoms with Crippen LogP contribution in [0.3, 0.4) is 0 Å². The number of carbonyl (C=O) groups excluding carboxylic acids is 2. The van der Waals surface area contributed by atoms with Crippen LogP contribution in [0.4, 0.5) is 10.1 Å². The van der Waals surface area contributed by atoms with Crippen molar-refractivity contribution >= 4 is 17.4 Å². The van der Waals surface area contributed by atoms with Gasteiger partial charge in [0.25, 0.3) is 0 Å². The Morgan fingerprint density at radius 2 is 1.77 bits per heavy atom. The van der Waals surface area contributed by atoms with Crippen LogP contribution in [0.1, 0.15) is 47.7 Å². The smallest absolute Gasteiger partial charge is 0.226 e. The summed E-state index contributed by atoms with van der Waals surface area (Å²) in [5, 5.41) is 10.9. The number of benzene rings is 2. The van der Waals surface area contributed by atoms with Gasteiger partial charge in [0.1, 0.15) is 5.82 Å². The molecule has 2 aliphatic heterocycles. The molecule has 5 nitrogen and oxygen atoms in total. The number of halogens is 1. The maximum Gasteiger partial charge on any atom is 0.226 e. The fourth-order valence-electron chi connectivity index (χ4n) is 4.45. The molecule has 0 radical (unpaired) electrons. The Morgan fingerprint density at radius 3 is 2.43 bits per heavy atom. The molecule has 1 saturated heterocycles. The topological polar surface area (TPSA) is 60.9 Å². The number of nitrogens with zero attached hydrogens (tertiary/aromatic N) is 2. The summed E-state index contributed by atoms with van der Waals surface area (Å²) in [6.45, 7) is 4.03. The molecule has 2 heterocycles.